The summed E-state index contributed by atoms with van der Waals surface area (Å²) in [6.45, 7) is 0. The van der Waals surface area contributed by atoms with Crippen LogP contribution in [0.3, 0.4) is 0 Å². The first-order valence-electron chi connectivity index (χ1n) is 6.42. The predicted octanol–water partition coefficient (Wildman–Crippen LogP) is 2.43. The Hall–Kier alpha value is -2.62. The molecule has 0 N–H and O–H groups in total. The smallest absolute Gasteiger partial charge is 0.282 e. The van der Waals surface area contributed by atoms with Crippen LogP contribution in [0.4, 0.5) is 5.95 Å². The molecule has 0 saturated carbocycles. The van der Waals surface area contributed by atoms with Gasteiger partial charge in [0.15, 0.2) is 0 Å². The fraction of sp³-hybridized carbons (Fsp3) is 0.125. The van der Waals surface area contributed by atoms with Crippen LogP contribution in [0.15, 0.2) is 59.5 Å². The van der Waals surface area contributed by atoms with Crippen molar-refractivity contribution < 1.29 is 0 Å². The molecule has 0 aliphatic rings. The van der Waals surface area contributed by atoms with Crippen LogP contribution in [-0.2, 0) is 0 Å². The van der Waals surface area contributed by atoms with E-state index in [4.69, 9.17) is 0 Å². The Morgan fingerprint density at radius 1 is 1.00 bits per heavy atom. The molecule has 0 atom stereocenters. The maximum absolute atomic E-state index is 12.4. The normalized spacial score (nSPS) is 10.7. The molecule has 3 aromatic rings. The molecule has 2 aromatic heterocycles. The highest BCUT2D eigenvalue weighted by Gasteiger charge is 2.13. The number of hydrogen-bond acceptors (Lipinski definition) is 3. The maximum atomic E-state index is 12.4. The lowest BCUT2D eigenvalue weighted by Crippen LogP contribution is -2.22. The molecule has 20 heavy (non-hydrogen) atoms. The third-order valence-electron chi connectivity index (χ3n) is 3.21. The Morgan fingerprint density at radius 2 is 1.70 bits per heavy atom. The van der Waals surface area contributed by atoms with Crippen LogP contribution in [-0.4, -0.2) is 23.5 Å². The Morgan fingerprint density at radius 3 is 2.40 bits per heavy atom. The summed E-state index contributed by atoms with van der Waals surface area (Å²) in [4.78, 5) is 18.5. The van der Waals surface area contributed by atoms with Gasteiger partial charge in [-0.3, -0.25) is 9.20 Å². The Kier molecular flexibility index (Phi) is 2.99. The van der Waals surface area contributed by atoms with Crippen molar-refractivity contribution in [3.8, 4) is 11.1 Å². The number of hydrogen-bond donors (Lipinski definition) is 0. The Bertz CT molecular complexity index is 807. The van der Waals surface area contributed by atoms with Crippen LogP contribution in [0, 0.1) is 0 Å². The average Bonchev–Trinajstić information content (AvgIpc) is 2.47. The van der Waals surface area contributed by atoms with Gasteiger partial charge in [-0.1, -0.05) is 36.4 Å². The molecule has 1 aromatic carbocycles. The van der Waals surface area contributed by atoms with E-state index in [1.165, 1.54) is 0 Å². The minimum Gasteiger partial charge on any atom is -0.348 e. The predicted molar refractivity (Wildman–Crippen MR) is 81.2 cm³/mol. The number of rotatable bonds is 2. The SMILES string of the molecule is CN(C)c1nc(=O)c(-c2ccccc2)c2ccccn12. The third kappa shape index (κ3) is 1.95. The molecule has 0 unspecified atom stereocenters. The lowest BCUT2D eigenvalue weighted by Gasteiger charge is -2.16. The van der Waals surface area contributed by atoms with Gasteiger partial charge in [0.1, 0.15) is 0 Å². The molecule has 4 nitrogen and oxygen atoms in total. The van der Waals surface area contributed by atoms with Crippen molar-refractivity contribution in [3.63, 3.8) is 0 Å². The molecule has 0 amide bonds. The lowest BCUT2D eigenvalue weighted by molar-refractivity contribution is 0.944. The van der Waals surface area contributed by atoms with Crippen LogP contribution in [0.2, 0.25) is 0 Å². The topological polar surface area (TPSA) is 37.6 Å². The lowest BCUT2D eigenvalue weighted by atomic mass is 10.1. The van der Waals surface area contributed by atoms with Crippen molar-refractivity contribution in [2.24, 2.45) is 0 Å². The van der Waals surface area contributed by atoms with Gasteiger partial charge in [0.2, 0.25) is 5.95 Å². The van der Waals surface area contributed by atoms with Gasteiger partial charge < -0.3 is 4.90 Å². The second-order valence-corrected chi connectivity index (χ2v) is 4.81. The molecule has 0 aliphatic carbocycles. The van der Waals surface area contributed by atoms with Gasteiger partial charge in [-0.25, -0.2) is 0 Å². The number of benzene rings is 1. The van der Waals surface area contributed by atoms with Crippen molar-refractivity contribution in [2.75, 3.05) is 19.0 Å². The molecule has 0 bridgehead atoms. The van der Waals surface area contributed by atoms with Crippen LogP contribution in [0.5, 0.6) is 0 Å². The molecule has 0 saturated heterocycles. The monoisotopic (exact) mass is 265 g/mol. The molecule has 2 heterocycles. The zero-order valence-electron chi connectivity index (χ0n) is 11.4. The van der Waals surface area contributed by atoms with Crippen LogP contribution in [0.25, 0.3) is 16.6 Å². The van der Waals surface area contributed by atoms with Crippen molar-refractivity contribution in [3.05, 3.63) is 65.1 Å². The summed E-state index contributed by atoms with van der Waals surface area (Å²) in [6, 6.07) is 15.5. The number of fused-ring (bicyclic) bond motifs is 1. The van der Waals surface area contributed by atoms with Crippen molar-refractivity contribution in [1.82, 2.24) is 9.38 Å². The minimum atomic E-state index is -0.203. The summed E-state index contributed by atoms with van der Waals surface area (Å²) in [5.41, 5.74) is 2.18. The summed E-state index contributed by atoms with van der Waals surface area (Å²) < 4.78 is 1.93. The number of anilines is 1. The van der Waals surface area contributed by atoms with E-state index >= 15 is 0 Å². The molecule has 0 aliphatic heterocycles. The maximum Gasteiger partial charge on any atom is 0.282 e. The molecule has 0 radical (unpaired) electrons. The van der Waals surface area contributed by atoms with Crippen molar-refractivity contribution in [1.29, 1.82) is 0 Å². The molecule has 3 rings (SSSR count). The highest BCUT2D eigenvalue weighted by atomic mass is 16.1. The second-order valence-electron chi connectivity index (χ2n) is 4.81. The fourth-order valence-electron chi connectivity index (χ4n) is 2.32. The Labute approximate surface area is 116 Å². The van der Waals surface area contributed by atoms with Gasteiger partial charge in [-0.05, 0) is 17.7 Å². The zero-order valence-corrected chi connectivity index (χ0v) is 11.4. The zero-order chi connectivity index (χ0) is 14.1. The second kappa shape index (κ2) is 4.81. The molecule has 4 heteroatoms. The highest BCUT2D eigenvalue weighted by molar-refractivity contribution is 5.80. The first-order valence-corrected chi connectivity index (χ1v) is 6.42. The van der Waals surface area contributed by atoms with E-state index in [1.54, 1.807) is 0 Å². The van der Waals surface area contributed by atoms with Crippen molar-refractivity contribution in [2.45, 2.75) is 0 Å². The van der Waals surface area contributed by atoms with E-state index in [2.05, 4.69) is 4.98 Å². The van der Waals surface area contributed by atoms with Crippen LogP contribution in [0.1, 0.15) is 0 Å². The summed E-state index contributed by atoms with van der Waals surface area (Å²) >= 11 is 0. The van der Waals surface area contributed by atoms with Gasteiger partial charge in [0.05, 0.1) is 11.1 Å². The van der Waals surface area contributed by atoms with E-state index in [9.17, 15) is 4.79 Å². The van der Waals surface area contributed by atoms with Gasteiger partial charge in [0, 0.05) is 20.3 Å². The van der Waals surface area contributed by atoms with Gasteiger partial charge in [0.25, 0.3) is 5.56 Å². The molecule has 100 valence electrons. The van der Waals surface area contributed by atoms with Gasteiger partial charge in [-0.15, -0.1) is 0 Å². The van der Waals surface area contributed by atoms with E-state index in [0.717, 1.165) is 11.1 Å². The van der Waals surface area contributed by atoms with Crippen LogP contribution < -0.4 is 10.5 Å². The molecule has 0 spiro atoms. The highest BCUT2D eigenvalue weighted by Crippen LogP contribution is 2.22. The van der Waals surface area contributed by atoms with Gasteiger partial charge in [-0.2, -0.15) is 4.98 Å². The fourth-order valence-corrected chi connectivity index (χ4v) is 2.32. The standard InChI is InChI=1S/C16H15N3O/c1-18(2)16-17-15(20)14(12-8-4-3-5-9-12)13-10-6-7-11-19(13)16/h3-11H,1-2H3. The van der Waals surface area contributed by atoms with E-state index < -0.39 is 0 Å². The van der Waals surface area contributed by atoms with Gasteiger partial charge >= 0.3 is 0 Å². The van der Waals surface area contributed by atoms with E-state index in [-0.39, 0.29) is 5.56 Å². The summed E-state index contributed by atoms with van der Waals surface area (Å²) in [5.74, 6) is 0.630. The molecular weight excluding hydrogens is 250 g/mol. The van der Waals surface area contributed by atoms with Crippen molar-refractivity contribution >= 4 is 11.5 Å². The summed E-state index contributed by atoms with van der Waals surface area (Å²) in [6.07, 6.45) is 1.92. The first-order chi connectivity index (χ1) is 9.68. The number of nitrogens with zero attached hydrogens (tertiary/aromatic N) is 3. The molecule has 0 fully saturated rings. The third-order valence-corrected chi connectivity index (χ3v) is 3.21. The van der Waals surface area contributed by atoms with E-state index in [1.807, 2.05) is 78.1 Å². The summed E-state index contributed by atoms with van der Waals surface area (Å²) in [5, 5.41) is 0. The quantitative estimate of drug-likeness (QED) is 0.714. The minimum absolute atomic E-state index is 0.203. The largest absolute Gasteiger partial charge is 0.348 e. The number of pyridine rings is 1. The number of aromatic nitrogens is 2. The van der Waals surface area contributed by atoms with E-state index in [0.29, 0.717) is 11.5 Å². The summed E-state index contributed by atoms with van der Waals surface area (Å²) in [7, 11) is 3.76. The molecular formula is C16H15N3O. The van der Waals surface area contributed by atoms with Crippen LogP contribution >= 0.6 is 0 Å². The average molecular weight is 265 g/mol. The Balaban J connectivity index is 2.43. The first kappa shape index (κ1) is 12.4.